The van der Waals surface area contributed by atoms with Crippen molar-refractivity contribution in [3.8, 4) is 11.5 Å². The summed E-state index contributed by atoms with van der Waals surface area (Å²) in [6.45, 7) is 2.33. The Hall–Kier alpha value is -3.03. The highest BCUT2D eigenvalue weighted by Gasteiger charge is 2.31. The lowest BCUT2D eigenvalue weighted by atomic mass is 10.0. The van der Waals surface area contributed by atoms with Crippen LogP contribution in [0.25, 0.3) is 0 Å². The summed E-state index contributed by atoms with van der Waals surface area (Å²) in [7, 11) is 3.20. The number of carbonyl (C=O) groups excluding carboxylic acids is 1. The van der Waals surface area contributed by atoms with E-state index >= 15 is 0 Å². The molecular formula is C20H25N3O5. The number of benzene rings is 1. The van der Waals surface area contributed by atoms with Crippen LogP contribution < -0.4 is 20.7 Å². The van der Waals surface area contributed by atoms with Crippen molar-refractivity contribution in [2.24, 2.45) is 0 Å². The number of methoxy groups -OCH3 is 2. The van der Waals surface area contributed by atoms with E-state index in [0.29, 0.717) is 29.3 Å². The maximum atomic E-state index is 12.9. The largest absolute Gasteiger partial charge is 0.497 e. The maximum absolute atomic E-state index is 12.9. The van der Waals surface area contributed by atoms with Crippen molar-refractivity contribution in [3.63, 3.8) is 0 Å². The first-order chi connectivity index (χ1) is 13.4. The van der Waals surface area contributed by atoms with Gasteiger partial charge in [0.2, 0.25) is 5.91 Å². The van der Waals surface area contributed by atoms with Crippen molar-refractivity contribution in [1.29, 1.82) is 0 Å². The van der Waals surface area contributed by atoms with Crippen molar-refractivity contribution < 1.29 is 14.3 Å². The van der Waals surface area contributed by atoms with E-state index in [-0.39, 0.29) is 24.8 Å². The molecule has 8 heteroatoms. The Balaban J connectivity index is 1.77. The van der Waals surface area contributed by atoms with E-state index in [2.05, 4.69) is 9.97 Å². The van der Waals surface area contributed by atoms with Crippen LogP contribution in [-0.4, -0.2) is 41.5 Å². The lowest BCUT2D eigenvalue weighted by Gasteiger charge is -2.26. The van der Waals surface area contributed by atoms with Gasteiger partial charge in [-0.2, -0.15) is 0 Å². The predicted molar refractivity (Wildman–Crippen MR) is 104 cm³/mol. The quantitative estimate of drug-likeness (QED) is 0.785. The van der Waals surface area contributed by atoms with Crippen molar-refractivity contribution in [2.45, 2.75) is 38.6 Å². The van der Waals surface area contributed by atoms with Gasteiger partial charge < -0.3 is 19.4 Å². The van der Waals surface area contributed by atoms with E-state index in [4.69, 9.17) is 9.47 Å². The molecule has 1 aromatic heterocycles. The van der Waals surface area contributed by atoms with E-state index < -0.39 is 11.2 Å². The number of carbonyl (C=O) groups is 1. The van der Waals surface area contributed by atoms with Crippen molar-refractivity contribution in [1.82, 2.24) is 14.9 Å². The highest BCUT2D eigenvalue weighted by Crippen LogP contribution is 2.39. The molecule has 3 rings (SSSR count). The molecule has 2 N–H and O–H groups in total. The zero-order chi connectivity index (χ0) is 20.3. The third kappa shape index (κ3) is 3.95. The number of H-pyrrole nitrogens is 2. The molecule has 1 atom stereocenters. The van der Waals surface area contributed by atoms with E-state index in [1.807, 2.05) is 23.1 Å². The molecule has 0 bridgehead atoms. The first-order valence-electron chi connectivity index (χ1n) is 9.28. The third-order valence-electron chi connectivity index (χ3n) is 5.22. The zero-order valence-corrected chi connectivity index (χ0v) is 16.3. The monoisotopic (exact) mass is 387 g/mol. The second-order valence-electron chi connectivity index (χ2n) is 6.86. The number of aryl methyl sites for hydroxylation is 1. The molecule has 0 radical (unpaired) electrons. The van der Waals surface area contributed by atoms with Crippen LogP contribution >= 0.6 is 0 Å². The van der Waals surface area contributed by atoms with Gasteiger partial charge in [0, 0.05) is 35.9 Å². The van der Waals surface area contributed by atoms with Gasteiger partial charge in [0.05, 0.1) is 20.3 Å². The van der Waals surface area contributed by atoms with Gasteiger partial charge in [-0.15, -0.1) is 0 Å². The summed E-state index contributed by atoms with van der Waals surface area (Å²) in [5, 5.41) is 0. The van der Waals surface area contributed by atoms with Gasteiger partial charge in [0.15, 0.2) is 0 Å². The standard InChI is InChI=1S/C20H25N3O5/c1-12-14(19(25)22-20(26)21-12)8-9-18(24)23-10-4-5-16(23)15-7-6-13(27-2)11-17(15)28-3/h6-7,11,16H,4-5,8-10H2,1-3H3,(H2,21,22,25,26)/t16-/m1/s1. The van der Waals surface area contributed by atoms with Crippen LogP contribution in [0.4, 0.5) is 0 Å². The van der Waals surface area contributed by atoms with Crippen LogP contribution in [0.15, 0.2) is 27.8 Å². The molecule has 28 heavy (non-hydrogen) atoms. The van der Waals surface area contributed by atoms with Crippen LogP contribution in [0.2, 0.25) is 0 Å². The Labute approximate surface area is 162 Å². The molecule has 1 fully saturated rings. The lowest BCUT2D eigenvalue weighted by molar-refractivity contribution is -0.132. The Kier molecular flexibility index (Phi) is 5.87. The first kappa shape index (κ1) is 19.7. The molecule has 2 heterocycles. The number of aromatic nitrogens is 2. The van der Waals surface area contributed by atoms with E-state index in [0.717, 1.165) is 18.4 Å². The molecule has 1 aliphatic rings. The Morgan fingerprint density at radius 2 is 2.00 bits per heavy atom. The summed E-state index contributed by atoms with van der Waals surface area (Å²) in [5.74, 6) is 1.37. The number of amides is 1. The number of hydrogen-bond donors (Lipinski definition) is 2. The highest BCUT2D eigenvalue weighted by molar-refractivity contribution is 5.77. The first-order valence-corrected chi connectivity index (χ1v) is 9.28. The summed E-state index contributed by atoms with van der Waals surface area (Å²) in [6.07, 6.45) is 2.24. The molecule has 1 aromatic carbocycles. The van der Waals surface area contributed by atoms with E-state index in [1.54, 1.807) is 21.1 Å². The van der Waals surface area contributed by atoms with Gasteiger partial charge in [0.25, 0.3) is 5.56 Å². The normalized spacial score (nSPS) is 16.2. The fraction of sp³-hybridized carbons (Fsp3) is 0.450. The summed E-state index contributed by atoms with van der Waals surface area (Å²) >= 11 is 0. The van der Waals surface area contributed by atoms with Gasteiger partial charge >= 0.3 is 5.69 Å². The Morgan fingerprint density at radius 1 is 1.21 bits per heavy atom. The summed E-state index contributed by atoms with van der Waals surface area (Å²) in [4.78, 5) is 42.8. The van der Waals surface area contributed by atoms with Crippen LogP contribution in [0, 0.1) is 6.92 Å². The van der Waals surface area contributed by atoms with Crippen LogP contribution in [0.1, 0.15) is 42.1 Å². The zero-order valence-electron chi connectivity index (χ0n) is 16.3. The number of nitrogens with one attached hydrogen (secondary N) is 2. The summed E-state index contributed by atoms with van der Waals surface area (Å²) < 4.78 is 10.8. The predicted octanol–water partition coefficient (Wildman–Crippen LogP) is 1.69. The molecule has 1 amide bonds. The van der Waals surface area contributed by atoms with Gasteiger partial charge in [-0.05, 0) is 38.3 Å². The molecular weight excluding hydrogens is 362 g/mol. The average Bonchev–Trinajstić information content (AvgIpc) is 3.16. The molecule has 0 spiro atoms. The minimum atomic E-state index is -0.538. The van der Waals surface area contributed by atoms with Crippen molar-refractivity contribution in [2.75, 3.05) is 20.8 Å². The lowest BCUT2D eigenvalue weighted by Crippen LogP contribution is -2.32. The Bertz CT molecular complexity index is 979. The Morgan fingerprint density at radius 3 is 2.68 bits per heavy atom. The minimum absolute atomic E-state index is 0.0228. The van der Waals surface area contributed by atoms with Gasteiger partial charge in [-0.3, -0.25) is 14.6 Å². The molecule has 1 saturated heterocycles. The molecule has 0 saturated carbocycles. The second-order valence-corrected chi connectivity index (χ2v) is 6.86. The van der Waals surface area contributed by atoms with Gasteiger partial charge in [-0.25, -0.2) is 4.79 Å². The number of hydrogen-bond acceptors (Lipinski definition) is 5. The minimum Gasteiger partial charge on any atom is -0.497 e. The fourth-order valence-electron chi connectivity index (χ4n) is 3.78. The highest BCUT2D eigenvalue weighted by atomic mass is 16.5. The molecule has 2 aromatic rings. The topological polar surface area (TPSA) is 104 Å². The van der Waals surface area contributed by atoms with Crippen LogP contribution in [0.5, 0.6) is 11.5 Å². The van der Waals surface area contributed by atoms with Gasteiger partial charge in [-0.1, -0.05) is 0 Å². The van der Waals surface area contributed by atoms with E-state index in [9.17, 15) is 14.4 Å². The molecule has 0 unspecified atom stereocenters. The number of rotatable bonds is 6. The number of aromatic amines is 2. The van der Waals surface area contributed by atoms with Crippen LogP contribution in [0.3, 0.4) is 0 Å². The summed E-state index contributed by atoms with van der Waals surface area (Å²) in [6, 6.07) is 5.55. The van der Waals surface area contributed by atoms with Gasteiger partial charge in [0.1, 0.15) is 11.5 Å². The number of likely N-dealkylation sites (tertiary alicyclic amines) is 1. The van der Waals surface area contributed by atoms with Crippen molar-refractivity contribution >= 4 is 5.91 Å². The van der Waals surface area contributed by atoms with E-state index in [1.165, 1.54) is 0 Å². The SMILES string of the molecule is COc1ccc([C@H]2CCCN2C(=O)CCc2c(C)[nH]c(=O)[nH]c2=O)c(OC)c1. The second kappa shape index (κ2) is 8.33. The average molecular weight is 387 g/mol. The molecule has 150 valence electrons. The van der Waals surface area contributed by atoms with Crippen molar-refractivity contribution in [3.05, 3.63) is 55.9 Å². The fourth-order valence-corrected chi connectivity index (χ4v) is 3.78. The summed E-state index contributed by atoms with van der Waals surface area (Å²) in [5.41, 5.74) is 0.905. The van der Waals surface area contributed by atoms with Crippen LogP contribution in [-0.2, 0) is 11.2 Å². The molecule has 0 aliphatic carbocycles. The number of ether oxygens (including phenoxy) is 2. The molecule has 8 nitrogen and oxygen atoms in total. The molecule has 1 aliphatic heterocycles. The number of nitrogens with zero attached hydrogens (tertiary/aromatic N) is 1. The maximum Gasteiger partial charge on any atom is 0.325 e. The third-order valence-corrected chi connectivity index (χ3v) is 5.22. The smallest absolute Gasteiger partial charge is 0.325 e.